The molecule has 2 N–H and O–H groups in total. The van der Waals surface area contributed by atoms with E-state index in [1.165, 1.54) is 12.1 Å². The van der Waals surface area contributed by atoms with Crippen LogP contribution in [0.15, 0.2) is 52.4 Å². The van der Waals surface area contributed by atoms with Crippen molar-refractivity contribution in [2.24, 2.45) is 4.99 Å². The van der Waals surface area contributed by atoms with Crippen LogP contribution in [0.2, 0.25) is 10.0 Å². The average molecular weight is 468 g/mol. The van der Waals surface area contributed by atoms with E-state index >= 15 is 0 Å². The molecule has 0 saturated carbocycles. The molecule has 30 heavy (non-hydrogen) atoms. The molecule has 1 aliphatic rings. The molecule has 6 nitrogen and oxygen atoms in total. The molecule has 2 aromatic carbocycles. The molecule has 0 radical (unpaired) electrons. The minimum atomic E-state index is -3.76. The summed E-state index contributed by atoms with van der Waals surface area (Å²) in [6, 6.07) is 11.4. The molecule has 1 aliphatic heterocycles. The number of carbonyl (C=O) groups is 1. The molecular weight excluding hydrogens is 445 g/mol. The van der Waals surface area contributed by atoms with Crippen molar-refractivity contribution >= 4 is 50.7 Å². The van der Waals surface area contributed by atoms with E-state index in [1.807, 2.05) is 6.07 Å². The minimum Gasteiger partial charge on any atom is -0.326 e. The van der Waals surface area contributed by atoms with Gasteiger partial charge in [0, 0.05) is 25.1 Å². The monoisotopic (exact) mass is 467 g/mol. The van der Waals surface area contributed by atoms with Crippen molar-refractivity contribution < 1.29 is 13.2 Å². The van der Waals surface area contributed by atoms with Crippen molar-refractivity contribution in [2.45, 2.75) is 43.4 Å². The van der Waals surface area contributed by atoms with E-state index in [2.05, 4.69) is 15.0 Å². The molecule has 0 aliphatic carbocycles. The number of nitrogens with zero attached hydrogens (tertiary/aromatic N) is 1. The summed E-state index contributed by atoms with van der Waals surface area (Å²) < 4.78 is 28.0. The molecule has 3 rings (SSSR count). The number of halogens is 2. The van der Waals surface area contributed by atoms with Gasteiger partial charge in [0.1, 0.15) is 5.84 Å². The van der Waals surface area contributed by atoms with Gasteiger partial charge in [-0.1, -0.05) is 47.8 Å². The Balaban J connectivity index is 1.63. The van der Waals surface area contributed by atoms with Gasteiger partial charge in [-0.25, -0.2) is 8.42 Å². The molecule has 0 aromatic heterocycles. The largest absolute Gasteiger partial charge is 0.326 e. The van der Waals surface area contributed by atoms with Crippen molar-refractivity contribution in [3.63, 3.8) is 0 Å². The van der Waals surface area contributed by atoms with Gasteiger partial charge < -0.3 is 5.32 Å². The number of aliphatic imine (C=N–C) groups is 1. The van der Waals surface area contributed by atoms with Gasteiger partial charge in [-0.2, -0.15) is 0 Å². The zero-order valence-electron chi connectivity index (χ0n) is 16.3. The number of anilines is 1. The average Bonchev–Trinajstić information content (AvgIpc) is 2.97. The predicted octanol–water partition coefficient (Wildman–Crippen LogP) is 4.82. The maximum absolute atomic E-state index is 12.7. The van der Waals surface area contributed by atoms with Crippen LogP contribution in [0.3, 0.4) is 0 Å². The number of nitrogens with one attached hydrogen (secondary N) is 2. The summed E-state index contributed by atoms with van der Waals surface area (Å²) >= 11 is 12.1. The van der Waals surface area contributed by atoms with Gasteiger partial charge in [-0.15, -0.1) is 0 Å². The van der Waals surface area contributed by atoms with Crippen LogP contribution in [0.25, 0.3) is 0 Å². The van der Waals surface area contributed by atoms with Gasteiger partial charge in [0.2, 0.25) is 5.91 Å². The van der Waals surface area contributed by atoms with Crippen molar-refractivity contribution in [3.05, 3.63) is 58.1 Å². The first-order valence-corrected chi connectivity index (χ1v) is 12.0. The Morgan fingerprint density at radius 3 is 2.70 bits per heavy atom. The van der Waals surface area contributed by atoms with Crippen LogP contribution in [-0.4, -0.2) is 26.7 Å². The predicted molar refractivity (Wildman–Crippen MR) is 121 cm³/mol. The summed E-state index contributed by atoms with van der Waals surface area (Å²) in [4.78, 5) is 16.7. The van der Waals surface area contributed by atoms with Crippen molar-refractivity contribution in [3.8, 4) is 0 Å². The molecular formula is C21H23Cl2N3O3S. The van der Waals surface area contributed by atoms with E-state index in [-0.39, 0.29) is 17.2 Å². The Hall–Kier alpha value is -2.09. The van der Waals surface area contributed by atoms with Gasteiger partial charge in [0.05, 0.1) is 14.9 Å². The zero-order chi connectivity index (χ0) is 21.6. The standard InChI is InChI=1S/C21H23Cl2N3O3S/c22-18-9-4-6-15(21(18)23)11-12-20(27)25-16-7-5-8-17(14-16)30(28,29)26-19-10-2-1-3-13-24-19/h4-9,14H,1-3,10-13H2,(H,24,26)(H,25,27). The molecule has 9 heteroatoms. The molecule has 0 atom stereocenters. The third kappa shape index (κ3) is 6.20. The first-order chi connectivity index (χ1) is 14.3. The van der Waals surface area contributed by atoms with Crippen LogP contribution in [0.1, 0.15) is 37.7 Å². The van der Waals surface area contributed by atoms with Gasteiger partial charge in [-0.05, 0) is 49.1 Å². The van der Waals surface area contributed by atoms with E-state index in [0.29, 0.717) is 41.0 Å². The van der Waals surface area contributed by atoms with Crippen LogP contribution in [-0.2, 0) is 21.2 Å². The Morgan fingerprint density at radius 2 is 1.87 bits per heavy atom. The topological polar surface area (TPSA) is 87.6 Å². The number of benzene rings is 2. The lowest BCUT2D eigenvalue weighted by Gasteiger charge is -2.11. The highest BCUT2D eigenvalue weighted by Crippen LogP contribution is 2.26. The lowest BCUT2D eigenvalue weighted by Crippen LogP contribution is -2.30. The van der Waals surface area contributed by atoms with E-state index in [1.54, 1.807) is 24.3 Å². The zero-order valence-corrected chi connectivity index (χ0v) is 18.7. The number of sulfonamides is 1. The van der Waals surface area contributed by atoms with Gasteiger partial charge in [-0.3, -0.25) is 14.5 Å². The summed E-state index contributed by atoms with van der Waals surface area (Å²) in [5.74, 6) is 0.238. The normalized spacial score (nSPS) is 14.5. The van der Waals surface area contributed by atoms with Crippen molar-refractivity contribution in [1.82, 2.24) is 4.72 Å². The molecule has 0 bridgehead atoms. The highest BCUT2D eigenvalue weighted by Gasteiger charge is 2.18. The van der Waals surface area contributed by atoms with Crippen LogP contribution >= 0.6 is 23.2 Å². The van der Waals surface area contributed by atoms with Crippen LogP contribution < -0.4 is 10.0 Å². The second-order valence-corrected chi connectivity index (χ2v) is 9.50. The molecule has 1 amide bonds. The van der Waals surface area contributed by atoms with E-state index in [9.17, 15) is 13.2 Å². The number of carbonyl (C=O) groups excluding carboxylic acids is 1. The Kier molecular flexibility index (Phi) is 7.75. The van der Waals surface area contributed by atoms with Gasteiger partial charge in [0.25, 0.3) is 10.0 Å². The minimum absolute atomic E-state index is 0.0742. The highest BCUT2D eigenvalue weighted by atomic mass is 35.5. The summed E-state index contributed by atoms with van der Waals surface area (Å²) in [5.41, 5.74) is 1.19. The maximum atomic E-state index is 12.7. The smallest absolute Gasteiger partial charge is 0.262 e. The summed E-state index contributed by atoms with van der Waals surface area (Å²) in [6.45, 7) is 0.630. The molecule has 0 spiro atoms. The van der Waals surface area contributed by atoms with Crippen molar-refractivity contribution in [2.75, 3.05) is 11.9 Å². The Labute approximate surface area is 186 Å². The third-order valence-corrected chi connectivity index (χ3v) is 6.94. The first-order valence-electron chi connectivity index (χ1n) is 9.74. The molecule has 1 heterocycles. The second-order valence-electron chi connectivity index (χ2n) is 7.03. The lowest BCUT2D eigenvalue weighted by molar-refractivity contribution is -0.116. The van der Waals surface area contributed by atoms with Gasteiger partial charge >= 0.3 is 0 Å². The summed E-state index contributed by atoms with van der Waals surface area (Å²) in [7, 11) is -3.76. The van der Waals surface area contributed by atoms with Crippen LogP contribution in [0, 0.1) is 0 Å². The first kappa shape index (κ1) is 22.6. The Morgan fingerprint density at radius 1 is 1.07 bits per heavy atom. The number of hydrogen-bond donors (Lipinski definition) is 2. The fourth-order valence-electron chi connectivity index (χ4n) is 3.13. The Bertz CT molecular complexity index is 1060. The lowest BCUT2D eigenvalue weighted by atomic mass is 10.1. The van der Waals surface area contributed by atoms with E-state index < -0.39 is 10.0 Å². The fourth-order valence-corrected chi connectivity index (χ4v) is 4.67. The SMILES string of the molecule is O=C(CCc1cccc(Cl)c1Cl)Nc1cccc(S(=O)(=O)NC2=NCCCCC2)c1. The van der Waals surface area contributed by atoms with E-state index in [0.717, 1.165) is 24.8 Å². The highest BCUT2D eigenvalue weighted by molar-refractivity contribution is 7.90. The van der Waals surface area contributed by atoms with Crippen molar-refractivity contribution in [1.29, 1.82) is 0 Å². The van der Waals surface area contributed by atoms with E-state index in [4.69, 9.17) is 23.2 Å². The second kappa shape index (κ2) is 10.3. The number of rotatable bonds is 6. The number of amides is 1. The molecule has 0 unspecified atom stereocenters. The summed E-state index contributed by atoms with van der Waals surface area (Å²) in [5, 5.41) is 3.62. The molecule has 0 saturated heterocycles. The number of hydrogen-bond acceptors (Lipinski definition) is 4. The fraction of sp³-hybridized carbons (Fsp3) is 0.333. The maximum Gasteiger partial charge on any atom is 0.262 e. The number of aryl methyl sites for hydroxylation is 1. The van der Waals surface area contributed by atoms with Crippen LogP contribution in [0.4, 0.5) is 5.69 Å². The molecule has 160 valence electrons. The molecule has 2 aromatic rings. The van der Waals surface area contributed by atoms with Gasteiger partial charge in [0.15, 0.2) is 0 Å². The van der Waals surface area contributed by atoms with Crippen LogP contribution in [0.5, 0.6) is 0 Å². The quantitative estimate of drug-likeness (QED) is 0.638. The number of amidine groups is 1. The molecule has 0 fully saturated rings. The third-order valence-electron chi connectivity index (χ3n) is 4.71. The summed E-state index contributed by atoms with van der Waals surface area (Å²) in [6.07, 6.45) is 4.14.